The molecule has 0 amide bonds. The van der Waals surface area contributed by atoms with Gasteiger partial charge in [-0.15, -0.1) is 0 Å². The second-order valence-corrected chi connectivity index (χ2v) is 5.87. The normalized spacial score (nSPS) is 13.7. The second-order valence-electron chi connectivity index (χ2n) is 5.08. The third-order valence-corrected chi connectivity index (χ3v) is 4.49. The predicted octanol–water partition coefficient (Wildman–Crippen LogP) is 4.44. The molecule has 4 heteroatoms. The summed E-state index contributed by atoms with van der Waals surface area (Å²) in [5.41, 5.74) is 7.87. The van der Waals surface area contributed by atoms with Crippen LogP contribution in [-0.2, 0) is 11.2 Å². The zero-order valence-corrected chi connectivity index (χ0v) is 13.2. The van der Waals surface area contributed by atoms with Crippen molar-refractivity contribution in [3.63, 3.8) is 0 Å². The fraction of sp³-hybridized carbons (Fsp3) is 0.235. The molecule has 2 rings (SSSR count). The SMILES string of the molecule is CC(C(=O)Cc1cccc(Cl)c1Cl)C(N)c1ccccc1. The highest BCUT2D eigenvalue weighted by molar-refractivity contribution is 6.42. The third-order valence-electron chi connectivity index (χ3n) is 3.63. The fourth-order valence-electron chi connectivity index (χ4n) is 2.20. The smallest absolute Gasteiger partial charge is 0.142 e. The van der Waals surface area contributed by atoms with E-state index in [-0.39, 0.29) is 24.2 Å². The lowest BCUT2D eigenvalue weighted by Gasteiger charge is -2.19. The third kappa shape index (κ3) is 3.85. The maximum atomic E-state index is 12.4. The molecule has 0 aliphatic carbocycles. The Bertz CT molecular complexity index is 628. The van der Waals surface area contributed by atoms with E-state index in [0.29, 0.717) is 10.0 Å². The molecule has 2 unspecified atom stereocenters. The Hall–Kier alpha value is -1.35. The Labute approximate surface area is 134 Å². The molecule has 2 atom stereocenters. The summed E-state index contributed by atoms with van der Waals surface area (Å²) in [6.07, 6.45) is 0.237. The zero-order chi connectivity index (χ0) is 15.4. The van der Waals surface area contributed by atoms with Crippen LogP contribution < -0.4 is 5.73 Å². The van der Waals surface area contributed by atoms with Crippen molar-refractivity contribution in [2.45, 2.75) is 19.4 Å². The first-order valence-electron chi connectivity index (χ1n) is 6.77. The summed E-state index contributed by atoms with van der Waals surface area (Å²) in [6.45, 7) is 1.85. The maximum absolute atomic E-state index is 12.4. The Morgan fingerprint density at radius 1 is 1.10 bits per heavy atom. The topological polar surface area (TPSA) is 43.1 Å². The summed E-state index contributed by atoms with van der Waals surface area (Å²) in [5.74, 6) is -0.238. The molecule has 2 nitrogen and oxygen atoms in total. The van der Waals surface area contributed by atoms with Crippen molar-refractivity contribution >= 4 is 29.0 Å². The number of ketones is 1. The summed E-state index contributed by atoms with van der Waals surface area (Å²) in [7, 11) is 0. The summed E-state index contributed by atoms with van der Waals surface area (Å²) in [4.78, 5) is 12.4. The van der Waals surface area contributed by atoms with Crippen LogP contribution in [0.1, 0.15) is 24.1 Å². The monoisotopic (exact) mass is 321 g/mol. The van der Waals surface area contributed by atoms with Crippen molar-refractivity contribution in [2.75, 3.05) is 0 Å². The molecule has 0 saturated heterocycles. The van der Waals surface area contributed by atoms with E-state index in [1.165, 1.54) is 0 Å². The van der Waals surface area contributed by atoms with Gasteiger partial charge >= 0.3 is 0 Å². The van der Waals surface area contributed by atoms with Crippen molar-refractivity contribution < 1.29 is 4.79 Å². The molecule has 110 valence electrons. The van der Waals surface area contributed by atoms with Gasteiger partial charge in [-0.3, -0.25) is 4.79 Å². The van der Waals surface area contributed by atoms with Crippen LogP contribution >= 0.6 is 23.2 Å². The van der Waals surface area contributed by atoms with Gasteiger partial charge in [-0.2, -0.15) is 0 Å². The lowest BCUT2D eigenvalue weighted by Crippen LogP contribution is -2.27. The lowest BCUT2D eigenvalue weighted by molar-refractivity contribution is -0.122. The minimum Gasteiger partial charge on any atom is -0.323 e. The molecule has 0 bridgehead atoms. The maximum Gasteiger partial charge on any atom is 0.142 e. The Morgan fingerprint density at radius 3 is 2.43 bits per heavy atom. The molecule has 0 heterocycles. The van der Waals surface area contributed by atoms with E-state index in [0.717, 1.165) is 11.1 Å². The van der Waals surface area contributed by atoms with Gasteiger partial charge in [0.25, 0.3) is 0 Å². The molecule has 0 aliphatic rings. The first-order valence-corrected chi connectivity index (χ1v) is 7.52. The molecule has 0 aromatic heterocycles. The van der Waals surface area contributed by atoms with Crippen LogP contribution in [0.5, 0.6) is 0 Å². The number of nitrogens with two attached hydrogens (primary N) is 1. The van der Waals surface area contributed by atoms with Gasteiger partial charge in [0.2, 0.25) is 0 Å². The van der Waals surface area contributed by atoms with Gasteiger partial charge in [0.05, 0.1) is 10.0 Å². The van der Waals surface area contributed by atoms with E-state index in [4.69, 9.17) is 28.9 Å². The number of halogens is 2. The Balaban J connectivity index is 2.11. The molecule has 0 aliphatic heterocycles. The highest BCUT2D eigenvalue weighted by atomic mass is 35.5. The summed E-state index contributed by atoms with van der Waals surface area (Å²) < 4.78 is 0. The van der Waals surface area contributed by atoms with Gasteiger partial charge in [0.15, 0.2) is 0 Å². The van der Waals surface area contributed by atoms with Crippen molar-refractivity contribution in [1.82, 2.24) is 0 Å². The van der Waals surface area contributed by atoms with E-state index in [1.54, 1.807) is 12.1 Å². The number of hydrogen-bond acceptors (Lipinski definition) is 2. The molecule has 2 N–H and O–H groups in total. The van der Waals surface area contributed by atoms with E-state index >= 15 is 0 Å². The number of carbonyl (C=O) groups is 1. The van der Waals surface area contributed by atoms with Crippen molar-refractivity contribution in [1.29, 1.82) is 0 Å². The molecule has 21 heavy (non-hydrogen) atoms. The largest absolute Gasteiger partial charge is 0.323 e. The van der Waals surface area contributed by atoms with Gasteiger partial charge < -0.3 is 5.73 Å². The van der Waals surface area contributed by atoms with E-state index in [9.17, 15) is 4.79 Å². The molecule has 0 spiro atoms. The van der Waals surface area contributed by atoms with E-state index in [2.05, 4.69) is 0 Å². The first kappa shape index (κ1) is 16.0. The van der Waals surface area contributed by atoms with Gasteiger partial charge in [-0.25, -0.2) is 0 Å². The summed E-state index contributed by atoms with van der Waals surface area (Å²) >= 11 is 12.1. The molecular weight excluding hydrogens is 305 g/mol. The minimum atomic E-state index is -0.323. The van der Waals surface area contributed by atoms with Gasteiger partial charge in [-0.05, 0) is 17.2 Å². The van der Waals surface area contributed by atoms with Crippen LogP contribution in [-0.4, -0.2) is 5.78 Å². The number of Topliss-reactive ketones (excluding diaryl/α,β-unsaturated/α-hetero) is 1. The van der Waals surface area contributed by atoms with E-state index < -0.39 is 0 Å². The van der Waals surface area contributed by atoms with Gasteiger partial charge in [-0.1, -0.05) is 72.6 Å². The van der Waals surface area contributed by atoms with Crippen LogP contribution in [0.3, 0.4) is 0 Å². The number of carbonyl (C=O) groups excluding carboxylic acids is 1. The van der Waals surface area contributed by atoms with Crippen LogP contribution in [0.25, 0.3) is 0 Å². The number of rotatable bonds is 5. The standard InChI is InChI=1S/C17H17Cl2NO/c1-11(17(20)12-6-3-2-4-7-12)15(21)10-13-8-5-9-14(18)16(13)19/h2-9,11,17H,10,20H2,1H3. The van der Waals surface area contributed by atoms with Crippen LogP contribution in [0.2, 0.25) is 10.0 Å². The highest BCUT2D eigenvalue weighted by Gasteiger charge is 2.23. The number of benzene rings is 2. The average molecular weight is 322 g/mol. The Kier molecular flexibility index (Phi) is 5.40. The van der Waals surface area contributed by atoms with Crippen LogP contribution in [0, 0.1) is 5.92 Å². The summed E-state index contributed by atoms with van der Waals surface area (Å²) in [6, 6.07) is 14.6. The average Bonchev–Trinajstić information content (AvgIpc) is 2.51. The fourth-order valence-corrected chi connectivity index (χ4v) is 2.58. The van der Waals surface area contributed by atoms with Crippen molar-refractivity contribution in [3.05, 3.63) is 69.7 Å². The minimum absolute atomic E-state index is 0.0514. The molecule has 0 radical (unpaired) electrons. The van der Waals surface area contributed by atoms with Crippen molar-refractivity contribution in [2.24, 2.45) is 11.7 Å². The van der Waals surface area contributed by atoms with Crippen LogP contribution in [0.15, 0.2) is 48.5 Å². The molecule has 0 saturated carbocycles. The quantitative estimate of drug-likeness (QED) is 0.884. The van der Waals surface area contributed by atoms with Gasteiger partial charge in [0, 0.05) is 18.4 Å². The Morgan fingerprint density at radius 2 is 1.76 bits per heavy atom. The molecule has 2 aromatic rings. The van der Waals surface area contributed by atoms with Crippen molar-refractivity contribution in [3.8, 4) is 0 Å². The first-order chi connectivity index (χ1) is 10.0. The zero-order valence-electron chi connectivity index (χ0n) is 11.7. The molecule has 0 fully saturated rings. The molecule has 2 aromatic carbocycles. The highest BCUT2D eigenvalue weighted by Crippen LogP contribution is 2.28. The van der Waals surface area contributed by atoms with Crippen LogP contribution in [0.4, 0.5) is 0 Å². The summed E-state index contributed by atoms with van der Waals surface area (Å²) in [5, 5.41) is 0.898. The molecular formula is C17H17Cl2NO. The van der Waals surface area contributed by atoms with E-state index in [1.807, 2.05) is 43.3 Å². The second kappa shape index (κ2) is 7.08. The lowest BCUT2D eigenvalue weighted by atomic mass is 9.89. The predicted molar refractivity (Wildman–Crippen MR) is 87.7 cm³/mol. The van der Waals surface area contributed by atoms with Gasteiger partial charge in [0.1, 0.15) is 5.78 Å². The number of hydrogen-bond donors (Lipinski definition) is 1.